The van der Waals surface area contributed by atoms with Gasteiger partial charge in [-0.3, -0.25) is 4.99 Å². The van der Waals surface area contributed by atoms with E-state index in [1.54, 1.807) is 26.0 Å². The minimum atomic E-state index is -3.64. The lowest BCUT2D eigenvalue weighted by Gasteiger charge is -2.12. The summed E-state index contributed by atoms with van der Waals surface area (Å²) in [5.41, 5.74) is 9.19. The Labute approximate surface area is 152 Å². The highest BCUT2D eigenvalue weighted by Gasteiger charge is 2.24. The van der Waals surface area contributed by atoms with Crippen LogP contribution in [0.3, 0.4) is 0 Å². The van der Waals surface area contributed by atoms with Gasteiger partial charge >= 0.3 is 0 Å². The molecule has 0 bridgehead atoms. The summed E-state index contributed by atoms with van der Waals surface area (Å²) in [4.78, 5) is 8.56. The number of rotatable bonds is 5. The number of benzene rings is 2. The number of nitrogens with two attached hydrogens (primary N) is 1. The summed E-state index contributed by atoms with van der Waals surface area (Å²) in [5, 5.41) is -0.624. The van der Waals surface area contributed by atoms with Crippen LogP contribution in [0.5, 0.6) is 0 Å². The molecule has 0 saturated carbocycles. The summed E-state index contributed by atoms with van der Waals surface area (Å²) in [7, 11) is -3.64. The first-order valence-electron chi connectivity index (χ1n) is 8.13. The van der Waals surface area contributed by atoms with Gasteiger partial charge in [0.2, 0.25) is 16.0 Å². The van der Waals surface area contributed by atoms with Crippen LogP contribution in [0.4, 0.5) is 5.95 Å². The van der Waals surface area contributed by atoms with Crippen molar-refractivity contribution in [2.45, 2.75) is 19.1 Å². The van der Waals surface area contributed by atoms with Gasteiger partial charge in [0.1, 0.15) is 0 Å². The van der Waals surface area contributed by atoms with Crippen molar-refractivity contribution in [3.8, 4) is 0 Å². The fraction of sp³-hybridized carbons (Fsp3) is 0.158. The molecular formula is C19H20N4O2S. The van der Waals surface area contributed by atoms with E-state index in [1.807, 2.05) is 36.4 Å². The number of aromatic nitrogens is 2. The van der Waals surface area contributed by atoms with Crippen molar-refractivity contribution in [3.05, 3.63) is 72.4 Å². The molecule has 0 aliphatic rings. The standard InChI is InChI=1S/C19H20N4O2S/c1-4-21-18(14-8-6-5-7-9-14)15-10-11-16-17(12-15)23(19(20)22-16)26(24,25)13(2)3/h4-13H,1H2,2-3H3,(H2,20,22). The molecule has 0 unspecified atom stereocenters. The van der Waals surface area contributed by atoms with E-state index in [0.717, 1.165) is 15.1 Å². The van der Waals surface area contributed by atoms with Crippen LogP contribution in [-0.2, 0) is 10.0 Å². The molecule has 26 heavy (non-hydrogen) atoms. The Bertz CT molecular complexity index is 1100. The molecular weight excluding hydrogens is 348 g/mol. The molecule has 2 N–H and O–H groups in total. The number of fused-ring (bicyclic) bond motifs is 1. The highest BCUT2D eigenvalue weighted by Crippen LogP contribution is 2.25. The van der Waals surface area contributed by atoms with Gasteiger partial charge in [-0.1, -0.05) is 43.0 Å². The van der Waals surface area contributed by atoms with Crippen LogP contribution in [0.1, 0.15) is 25.0 Å². The Morgan fingerprint density at radius 1 is 1.19 bits per heavy atom. The van der Waals surface area contributed by atoms with Crippen LogP contribution < -0.4 is 5.73 Å². The van der Waals surface area contributed by atoms with Crippen LogP contribution >= 0.6 is 0 Å². The maximum absolute atomic E-state index is 12.7. The van der Waals surface area contributed by atoms with Crippen molar-refractivity contribution in [1.29, 1.82) is 0 Å². The lowest BCUT2D eigenvalue weighted by molar-refractivity contribution is 0.580. The average Bonchev–Trinajstić information content (AvgIpc) is 2.95. The summed E-state index contributed by atoms with van der Waals surface area (Å²) >= 11 is 0. The Morgan fingerprint density at radius 3 is 2.50 bits per heavy atom. The maximum Gasteiger partial charge on any atom is 0.244 e. The summed E-state index contributed by atoms with van der Waals surface area (Å²) in [6.45, 7) is 6.90. The molecule has 134 valence electrons. The van der Waals surface area contributed by atoms with Crippen molar-refractivity contribution < 1.29 is 8.42 Å². The minimum absolute atomic E-state index is 0.0484. The molecule has 0 saturated heterocycles. The molecule has 3 rings (SSSR count). The molecule has 2 aromatic carbocycles. The third-order valence-electron chi connectivity index (χ3n) is 4.03. The van der Waals surface area contributed by atoms with Gasteiger partial charge < -0.3 is 5.73 Å². The highest BCUT2D eigenvalue weighted by atomic mass is 32.2. The van der Waals surface area contributed by atoms with E-state index in [1.165, 1.54) is 6.20 Å². The lowest BCUT2D eigenvalue weighted by Crippen LogP contribution is -2.23. The largest absolute Gasteiger partial charge is 0.368 e. The first-order valence-corrected chi connectivity index (χ1v) is 9.63. The zero-order valence-corrected chi connectivity index (χ0v) is 15.4. The second-order valence-electron chi connectivity index (χ2n) is 6.06. The Hall–Kier alpha value is -2.93. The quantitative estimate of drug-likeness (QED) is 0.700. The van der Waals surface area contributed by atoms with E-state index in [4.69, 9.17) is 5.73 Å². The topological polar surface area (TPSA) is 90.3 Å². The normalized spacial score (nSPS) is 12.7. The van der Waals surface area contributed by atoms with Gasteiger partial charge in [0.15, 0.2) is 0 Å². The first kappa shape index (κ1) is 17.9. The van der Waals surface area contributed by atoms with E-state index in [-0.39, 0.29) is 5.95 Å². The Morgan fingerprint density at radius 2 is 1.88 bits per heavy atom. The first-order chi connectivity index (χ1) is 12.4. The van der Waals surface area contributed by atoms with E-state index in [2.05, 4.69) is 16.6 Å². The third-order valence-corrected chi connectivity index (χ3v) is 6.11. The molecule has 0 radical (unpaired) electrons. The zero-order valence-electron chi connectivity index (χ0n) is 14.6. The number of anilines is 1. The average molecular weight is 368 g/mol. The molecule has 7 heteroatoms. The van der Waals surface area contributed by atoms with Gasteiger partial charge in [0.05, 0.1) is 22.0 Å². The summed E-state index contributed by atoms with van der Waals surface area (Å²) in [6.07, 6.45) is 1.46. The van der Waals surface area contributed by atoms with E-state index < -0.39 is 15.3 Å². The molecule has 0 atom stereocenters. The molecule has 1 heterocycles. The fourth-order valence-corrected chi connectivity index (χ4v) is 3.85. The molecule has 0 aliphatic heterocycles. The number of nitrogens with zero attached hydrogens (tertiary/aromatic N) is 3. The van der Waals surface area contributed by atoms with Crippen molar-refractivity contribution in [2.75, 3.05) is 5.73 Å². The summed E-state index contributed by atoms with van der Waals surface area (Å²) in [6, 6.07) is 14.9. The number of aliphatic imine (C=N–C) groups is 1. The number of hydrogen-bond donors (Lipinski definition) is 1. The number of imidazole rings is 1. The predicted molar refractivity (Wildman–Crippen MR) is 106 cm³/mol. The van der Waals surface area contributed by atoms with Crippen LogP contribution in [0.15, 0.2) is 66.3 Å². The second kappa shape index (κ2) is 6.76. The van der Waals surface area contributed by atoms with Crippen molar-refractivity contribution in [3.63, 3.8) is 0 Å². The molecule has 1 aromatic heterocycles. The Balaban J connectivity index is 2.27. The fourth-order valence-electron chi connectivity index (χ4n) is 2.70. The van der Waals surface area contributed by atoms with Crippen molar-refractivity contribution >= 4 is 32.7 Å². The SMILES string of the molecule is C=CN=C(c1ccccc1)c1ccc2nc(N)n(S(=O)(=O)C(C)C)c2c1. The monoisotopic (exact) mass is 368 g/mol. The van der Waals surface area contributed by atoms with Gasteiger partial charge in [0.25, 0.3) is 0 Å². The molecule has 0 spiro atoms. The third kappa shape index (κ3) is 3.01. The van der Waals surface area contributed by atoms with Crippen LogP contribution in [0.25, 0.3) is 11.0 Å². The lowest BCUT2D eigenvalue weighted by atomic mass is 10.0. The molecule has 0 aliphatic carbocycles. The predicted octanol–water partition coefficient (Wildman–Crippen LogP) is 3.19. The van der Waals surface area contributed by atoms with E-state index in [9.17, 15) is 8.42 Å². The number of nitrogen functional groups attached to an aromatic ring is 1. The van der Waals surface area contributed by atoms with Crippen LogP contribution in [0, 0.1) is 0 Å². The number of hydrogen-bond acceptors (Lipinski definition) is 5. The van der Waals surface area contributed by atoms with Gasteiger partial charge in [-0.2, -0.15) is 0 Å². The highest BCUT2D eigenvalue weighted by molar-refractivity contribution is 7.90. The van der Waals surface area contributed by atoms with E-state index >= 15 is 0 Å². The van der Waals surface area contributed by atoms with Crippen molar-refractivity contribution in [1.82, 2.24) is 8.96 Å². The second-order valence-corrected chi connectivity index (χ2v) is 8.40. The van der Waals surface area contributed by atoms with Crippen molar-refractivity contribution in [2.24, 2.45) is 4.99 Å². The van der Waals surface area contributed by atoms with Gasteiger partial charge in [-0.05, 0) is 26.0 Å². The minimum Gasteiger partial charge on any atom is -0.368 e. The summed E-state index contributed by atoms with van der Waals surface area (Å²) in [5.74, 6) is -0.0484. The molecule has 0 amide bonds. The Kier molecular flexibility index (Phi) is 4.65. The molecule has 0 fully saturated rings. The molecule has 3 aromatic rings. The van der Waals surface area contributed by atoms with Gasteiger partial charge in [-0.25, -0.2) is 17.4 Å². The van der Waals surface area contributed by atoms with E-state index in [0.29, 0.717) is 16.7 Å². The van der Waals surface area contributed by atoms with Gasteiger partial charge in [-0.15, -0.1) is 0 Å². The van der Waals surface area contributed by atoms with Gasteiger partial charge in [0, 0.05) is 17.3 Å². The summed E-state index contributed by atoms with van der Waals surface area (Å²) < 4.78 is 26.5. The smallest absolute Gasteiger partial charge is 0.244 e. The van der Waals surface area contributed by atoms with Crippen LogP contribution in [0.2, 0.25) is 0 Å². The molecule has 6 nitrogen and oxygen atoms in total. The van der Waals surface area contributed by atoms with Crippen LogP contribution in [-0.4, -0.2) is 28.3 Å². The zero-order chi connectivity index (χ0) is 18.9. The maximum atomic E-state index is 12.7.